The van der Waals surface area contributed by atoms with Crippen LogP contribution in [0.25, 0.3) is 11.3 Å². The lowest BCUT2D eigenvalue weighted by atomic mass is 9.61. The molecule has 2 heterocycles. The fourth-order valence-electron chi connectivity index (χ4n) is 4.88. The molecule has 1 saturated carbocycles. The van der Waals surface area contributed by atoms with E-state index in [-0.39, 0.29) is 17.6 Å². The van der Waals surface area contributed by atoms with E-state index in [9.17, 15) is 9.59 Å². The number of aromatic nitrogens is 2. The van der Waals surface area contributed by atoms with E-state index in [0.717, 1.165) is 24.2 Å². The number of ether oxygens (including phenoxy) is 2. The first kappa shape index (κ1) is 26.3. The summed E-state index contributed by atoms with van der Waals surface area (Å²) in [4.78, 5) is 26.2. The molecule has 5 rings (SSSR count). The number of carbonyl (C=O) groups excluding carboxylic acids is 2. The van der Waals surface area contributed by atoms with E-state index in [0.29, 0.717) is 30.1 Å². The Balaban J connectivity index is 0.00000156. The van der Waals surface area contributed by atoms with Crippen LogP contribution in [0.4, 0.5) is 4.79 Å². The summed E-state index contributed by atoms with van der Waals surface area (Å²) < 4.78 is 13.2. The number of carbonyl (C=O) groups is 2. The number of hydrogen-bond donors (Lipinski definition) is 1. The summed E-state index contributed by atoms with van der Waals surface area (Å²) in [7, 11) is 0. The maximum absolute atomic E-state index is 12.3. The number of hydrogen-bond acceptors (Lipinski definition) is 5. The standard InChI is InChI=1S/C27H30N4O4.C2H6/c1-26(2,3)35-25(33)30-16-27(17-30)13-19(14-27)31-15-22(24(28)32)23(29-31)18-9-11-21(12-10-18)34-20-7-5-4-6-8-20;1-2/h4-12,15,19H,13-14,16-17H2,1-3H3,(H2,28,32);1-2H3. The SMILES string of the molecule is CC.CC(C)(C)OC(=O)N1CC2(CC(n3cc(C(N)=O)c(-c4ccc(Oc5ccccc5)cc4)n3)C2)C1. The molecule has 196 valence electrons. The molecular weight excluding hydrogens is 468 g/mol. The highest BCUT2D eigenvalue weighted by Gasteiger charge is 2.55. The Kier molecular flexibility index (Phi) is 7.30. The van der Waals surface area contributed by atoms with Gasteiger partial charge in [-0.3, -0.25) is 9.48 Å². The van der Waals surface area contributed by atoms with Gasteiger partial charge < -0.3 is 20.1 Å². The summed E-state index contributed by atoms with van der Waals surface area (Å²) in [6.07, 6.45) is 3.28. The second-order valence-electron chi connectivity index (χ2n) is 10.6. The maximum atomic E-state index is 12.3. The molecule has 2 amide bonds. The fraction of sp³-hybridized carbons (Fsp3) is 0.414. The van der Waals surface area contributed by atoms with Gasteiger partial charge in [-0.15, -0.1) is 0 Å². The van der Waals surface area contributed by atoms with E-state index < -0.39 is 11.5 Å². The molecule has 0 atom stereocenters. The van der Waals surface area contributed by atoms with Crippen molar-refractivity contribution in [2.24, 2.45) is 11.1 Å². The van der Waals surface area contributed by atoms with Crippen molar-refractivity contribution >= 4 is 12.0 Å². The van der Waals surface area contributed by atoms with Gasteiger partial charge in [-0.1, -0.05) is 32.0 Å². The minimum absolute atomic E-state index is 0.108. The Morgan fingerprint density at radius 3 is 2.14 bits per heavy atom. The van der Waals surface area contributed by atoms with Crippen LogP contribution in [0.2, 0.25) is 0 Å². The second-order valence-corrected chi connectivity index (χ2v) is 10.6. The Morgan fingerprint density at radius 1 is 0.973 bits per heavy atom. The van der Waals surface area contributed by atoms with Crippen LogP contribution in [0.15, 0.2) is 60.8 Å². The molecular formula is C29H36N4O4. The van der Waals surface area contributed by atoms with Crippen LogP contribution in [0, 0.1) is 5.41 Å². The summed E-state index contributed by atoms with van der Waals surface area (Å²) in [5.41, 5.74) is 7.04. The smallest absolute Gasteiger partial charge is 0.410 e. The highest BCUT2D eigenvalue weighted by atomic mass is 16.6. The number of nitrogens with zero attached hydrogens (tertiary/aromatic N) is 3. The molecule has 1 aliphatic heterocycles. The van der Waals surface area contributed by atoms with E-state index in [1.165, 1.54) is 0 Å². The third-order valence-electron chi connectivity index (χ3n) is 6.52. The Labute approximate surface area is 218 Å². The highest BCUT2D eigenvalue weighted by Crippen LogP contribution is 2.54. The number of likely N-dealkylation sites (tertiary alicyclic amines) is 1. The number of primary amides is 1. The molecule has 8 nitrogen and oxygen atoms in total. The first-order valence-corrected chi connectivity index (χ1v) is 12.8. The molecule has 0 radical (unpaired) electrons. The van der Waals surface area contributed by atoms with Gasteiger partial charge in [0, 0.05) is 30.3 Å². The van der Waals surface area contributed by atoms with E-state index >= 15 is 0 Å². The average Bonchev–Trinajstić information content (AvgIpc) is 3.24. The Bertz CT molecular complexity index is 1230. The van der Waals surface area contributed by atoms with Gasteiger partial charge in [-0.25, -0.2) is 4.79 Å². The maximum Gasteiger partial charge on any atom is 0.410 e. The minimum atomic E-state index is -0.510. The molecule has 3 aromatic rings. The third kappa shape index (κ3) is 5.79. The molecule has 2 fully saturated rings. The molecule has 1 aliphatic carbocycles. The van der Waals surface area contributed by atoms with Gasteiger partial charge >= 0.3 is 6.09 Å². The molecule has 37 heavy (non-hydrogen) atoms. The van der Waals surface area contributed by atoms with Crippen LogP contribution in [-0.2, 0) is 4.74 Å². The predicted octanol–water partition coefficient (Wildman–Crippen LogP) is 6.04. The fourth-order valence-corrected chi connectivity index (χ4v) is 4.88. The van der Waals surface area contributed by atoms with Gasteiger partial charge in [0.1, 0.15) is 22.8 Å². The lowest BCUT2D eigenvalue weighted by molar-refractivity contribution is -0.0927. The van der Waals surface area contributed by atoms with Crippen molar-refractivity contribution in [1.82, 2.24) is 14.7 Å². The van der Waals surface area contributed by atoms with Crippen LogP contribution in [0.1, 0.15) is 63.9 Å². The van der Waals surface area contributed by atoms with Gasteiger partial charge in [-0.05, 0) is 70.0 Å². The van der Waals surface area contributed by atoms with Crippen molar-refractivity contribution in [3.63, 3.8) is 0 Å². The third-order valence-corrected chi connectivity index (χ3v) is 6.52. The van der Waals surface area contributed by atoms with Crippen molar-refractivity contribution in [2.45, 2.75) is 59.1 Å². The summed E-state index contributed by atoms with van der Waals surface area (Å²) >= 11 is 0. The van der Waals surface area contributed by atoms with Gasteiger partial charge in [0.15, 0.2) is 0 Å². The molecule has 1 spiro atoms. The summed E-state index contributed by atoms with van der Waals surface area (Å²) in [5.74, 6) is 0.938. The molecule has 8 heteroatoms. The van der Waals surface area contributed by atoms with E-state index in [4.69, 9.17) is 20.3 Å². The Morgan fingerprint density at radius 2 is 1.57 bits per heavy atom. The largest absolute Gasteiger partial charge is 0.457 e. The number of nitrogens with two attached hydrogens (primary N) is 1. The topological polar surface area (TPSA) is 99.7 Å². The van der Waals surface area contributed by atoms with Gasteiger partial charge in [0.05, 0.1) is 11.6 Å². The normalized spacial score (nSPS) is 16.2. The van der Waals surface area contributed by atoms with Crippen LogP contribution in [-0.4, -0.2) is 45.4 Å². The van der Waals surface area contributed by atoms with E-state index in [1.807, 2.05) is 93.9 Å². The van der Waals surface area contributed by atoms with E-state index in [2.05, 4.69) is 0 Å². The molecule has 1 aromatic heterocycles. The zero-order valence-electron chi connectivity index (χ0n) is 22.2. The summed E-state index contributed by atoms with van der Waals surface area (Å²) in [6, 6.07) is 17.2. The van der Waals surface area contributed by atoms with Crippen molar-refractivity contribution in [3.05, 3.63) is 66.4 Å². The predicted molar refractivity (Wildman–Crippen MR) is 143 cm³/mol. The van der Waals surface area contributed by atoms with Crippen LogP contribution in [0.3, 0.4) is 0 Å². The van der Waals surface area contributed by atoms with Crippen molar-refractivity contribution in [2.75, 3.05) is 13.1 Å². The lowest BCUT2D eigenvalue weighted by Crippen LogP contribution is -2.64. The van der Waals surface area contributed by atoms with E-state index in [1.54, 1.807) is 11.1 Å². The first-order chi connectivity index (χ1) is 17.6. The molecule has 2 N–H and O–H groups in total. The lowest BCUT2D eigenvalue weighted by Gasteiger charge is -2.58. The highest BCUT2D eigenvalue weighted by molar-refractivity contribution is 5.98. The van der Waals surface area contributed by atoms with Crippen molar-refractivity contribution in [1.29, 1.82) is 0 Å². The van der Waals surface area contributed by atoms with Crippen LogP contribution in [0.5, 0.6) is 11.5 Å². The minimum Gasteiger partial charge on any atom is -0.457 e. The number of benzene rings is 2. The molecule has 1 saturated heterocycles. The Hall–Kier alpha value is -3.81. The number of para-hydroxylation sites is 1. The van der Waals surface area contributed by atoms with Gasteiger partial charge in [-0.2, -0.15) is 5.10 Å². The first-order valence-electron chi connectivity index (χ1n) is 12.8. The van der Waals surface area contributed by atoms with Crippen molar-refractivity contribution < 1.29 is 19.1 Å². The van der Waals surface area contributed by atoms with Gasteiger partial charge in [0.25, 0.3) is 5.91 Å². The molecule has 0 bridgehead atoms. The molecule has 2 aliphatic rings. The number of amides is 2. The summed E-state index contributed by atoms with van der Waals surface area (Å²) in [5, 5.41) is 4.73. The second kappa shape index (κ2) is 10.3. The monoisotopic (exact) mass is 504 g/mol. The van der Waals surface area contributed by atoms with Crippen LogP contribution >= 0.6 is 0 Å². The zero-order valence-corrected chi connectivity index (χ0v) is 22.2. The summed E-state index contributed by atoms with van der Waals surface area (Å²) in [6.45, 7) is 11.0. The quantitative estimate of drug-likeness (QED) is 0.457. The van der Waals surface area contributed by atoms with Crippen LogP contribution < -0.4 is 10.5 Å². The molecule has 0 unspecified atom stereocenters. The van der Waals surface area contributed by atoms with Gasteiger partial charge in [0.2, 0.25) is 0 Å². The zero-order chi connectivity index (χ0) is 26.8. The number of rotatable bonds is 5. The van der Waals surface area contributed by atoms with Crippen molar-refractivity contribution in [3.8, 4) is 22.8 Å². The molecule has 2 aromatic carbocycles. The average molecular weight is 505 g/mol.